The number of hydrogen-bond acceptors (Lipinski definition) is 6. The number of rotatable bonds is 6. The normalized spacial score (nSPS) is 11.2. The Morgan fingerprint density at radius 2 is 0.710 bits per heavy atom. The average Bonchev–Trinajstić information content (AvgIpc) is 2.78. The Labute approximate surface area is 192 Å². The van der Waals surface area contributed by atoms with Crippen molar-refractivity contribution in [2.24, 2.45) is 0 Å². The molecule has 0 spiro atoms. The first kappa shape index (κ1) is 21.4. The predicted molar refractivity (Wildman–Crippen MR) is 126 cm³/mol. The van der Waals surface area contributed by atoms with Gasteiger partial charge in [0.25, 0.3) is 0 Å². The summed E-state index contributed by atoms with van der Waals surface area (Å²) >= 11 is 8.48. The highest BCUT2D eigenvalue weighted by Crippen LogP contribution is 2.29. The molecule has 0 radical (unpaired) electrons. The van der Waals surface area contributed by atoms with Crippen molar-refractivity contribution in [2.45, 2.75) is 19.6 Å². The van der Waals surface area contributed by atoms with Crippen LogP contribution in [0.5, 0.6) is 23.0 Å². The average molecular weight is 467 g/mol. The minimum atomic E-state index is -3.66. The molecule has 0 bridgehead atoms. The van der Waals surface area contributed by atoms with Crippen LogP contribution in [0.2, 0.25) is 0 Å². The summed E-state index contributed by atoms with van der Waals surface area (Å²) in [7, 11) is -3.66. The first-order valence-electron chi connectivity index (χ1n) is 9.29. The summed E-state index contributed by atoms with van der Waals surface area (Å²) in [5, 5.41) is 0. The number of hydrogen-bond donors (Lipinski definition) is 2. The van der Waals surface area contributed by atoms with E-state index in [-0.39, 0.29) is 9.79 Å². The number of benzene rings is 4. The van der Waals surface area contributed by atoms with Gasteiger partial charge in [0.15, 0.2) is 0 Å². The van der Waals surface area contributed by atoms with Crippen molar-refractivity contribution in [3.8, 4) is 23.0 Å². The summed E-state index contributed by atoms with van der Waals surface area (Å²) in [6, 6.07) is 27.1. The van der Waals surface area contributed by atoms with Crippen LogP contribution in [0.4, 0.5) is 0 Å². The summed E-state index contributed by atoms with van der Waals surface area (Å²) in [5.74, 6) is 2.38. The van der Waals surface area contributed by atoms with Crippen LogP contribution in [0, 0.1) is 0 Å². The van der Waals surface area contributed by atoms with E-state index < -0.39 is 9.84 Å². The van der Waals surface area contributed by atoms with Crippen LogP contribution < -0.4 is 9.47 Å². The van der Waals surface area contributed by atoms with Crippen molar-refractivity contribution in [3.05, 3.63) is 97.1 Å². The monoisotopic (exact) mass is 466 g/mol. The molecule has 0 fully saturated rings. The quantitative estimate of drug-likeness (QED) is 0.311. The molecule has 4 nitrogen and oxygen atoms in total. The van der Waals surface area contributed by atoms with E-state index in [1.165, 1.54) is 24.3 Å². The Hall–Kier alpha value is -2.87. The van der Waals surface area contributed by atoms with Gasteiger partial charge in [0.05, 0.1) is 9.79 Å². The molecule has 7 heteroatoms. The van der Waals surface area contributed by atoms with Gasteiger partial charge in [-0.25, -0.2) is 8.42 Å². The van der Waals surface area contributed by atoms with Crippen LogP contribution in [-0.2, 0) is 9.84 Å². The molecule has 0 unspecified atom stereocenters. The van der Waals surface area contributed by atoms with Gasteiger partial charge in [-0.3, -0.25) is 0 Å². The molecule has 0 aliphatic carbocycles. The maximum absolute atomic E-state index is 12.9. The zero-order chi connectivity index (χ0) is 21.8. The molecule has 4 rings (SSSR count). The van der Waals surface area contributed by atoms with Gasteiger partial charge in [0.1, 0.15) is 23.0 Å². The smallest absolute Gasteiger partial charge is 0.206 e. The lowest BCUT2D eigenvalue weighted by molar-refractivity contribution is 0.481. The standard InChI is InChI=1S/C24H18O4S3/c25-31(26,23-13-5-19(6-14-23)27-17-1-9-21(29)10-2-17)24-15-7-20(8-16-24)28-18-3-11-22(30)12-4-18/h1-16,29-30H. The van der Waals surface area contributed by atoms with Crippen molar-refractivity contribution < 1.29 is 17.9 Å². The van der Waals surface area contributed by atoms with Crippen LogP contribution in [0.15, 0.2) is 117 Å². The molecule has 0 aromatic heterocycles. The molecule has 4 aromatic rings. The Balaban J connectivity index is 1.48. The third-order valence-electron chi connectivity index (χ3n) is 4.41. The molecule has 0 N–H and O–H groups in total. The van der Waals surface area contributed by atoms with E-state index in [2.05, 4.69) is 25.3 Å². The van der Waals surface area contributed by atoms with Gasteiger partial charge < -0.3 is 9.47 Å². The lowest BCUT2D eigenvalue weighted by atomic mass is 10.3. The zero-order valence-electron chi connectivity index (χ0n) is 16.2. The van der Waals surface area contributed by atoms with Gasteiger partial charge >= 0.3 is 0 Å². The van der Waals surface area contributed by atoms with Gasteiger partial charge in [0, 0.05) is 9.79 Å². The molecule has 0 saturated heterocycles. The highest BCUT2D eigenvalue weighted by atomic mass is 32.2. The SMILES string of the molecule is O=S(=O)(c1ccc(Oc2ccc(S)cc2)cc1)c1ccc(Oc2ccc(S)cc2)cc1. The second-order valence-corrected chi connectivity index (χ2v) is 9.62. The third-order valence-corrected chi connectivity index (χ3v) is 6.79. The molecule has 0 aliphatic rings. The highest BCUT2D eigenvalue weighted by molar-refractivity contribution is 7.91. The summed E-state index contributed by atoms with van der Waals surface area (Å²) in [4.78, 5) is 2.04. The molecular formula is C24H18O4S3. The van der Waals surface area contributed by atoms with E-state index in [0.29, 0.717) is 23.0 Å². The lowest BCUT2D eigenvalue weighted by Gasteiger charge is -2.09. The Morgan fingerprint density at radius 3 is 1.00 bits per heavy atom. The fourth-order valence-electron chi connectivity index (χ4n) is 2.81. The van der Waals surface area contributed by atoms with Crippen molar-refractivity contribution in [1.82, 2.24) is 0 Å². The van der Waals surface area contributed by atoms with Crippen molar-refractivity contribution >= 4 is 35.1 Å². The summed E-state index contributed by atoms with van der Waals surface area (Å²) in [6.07, 6.45) is 0. The van der Waals surface area contributed by atoms with Crippen molar-refractivity contribution in [1.29, 1.82) is 0 Å². The highest BCUT2D eigenvalue weighted by Gasteiger charge is 2.18. The molecule has 0 aliphatic heterocycles. The number of sulfone groups is 1. The van der Waals surface area contributed by atoms with Gasteiger partial charge in [-0.2, -0.15) is 0 Å². The van der Waals surface area contributed by atoms with Gasteiger partial charge in [-0.15, -0.1) is 25.3 Å². The van der Waals surface area contributed by atoms with Crippen LogP contribution >= 0.6 is 25.3 Å². The topological polar surface area (TPSA) is 52.6 Å². The van der Waals surface area contributed by atoms with E-state index in [1.54, 1.807) is 48.5 Å². The summed E-state index contributed by atoms with van der Waals surface area (Å²) < 4.78 is 37.4. The largest absolute Gasteiger partial charge is 0.457 e. The second kappa shape index (κ2) is 9.09. The third kappa shape index (κ3) is 5.25. The van der Waals surface area contributed by atoms with Gasteiger partial charge in [-0.1, -0.05) is 0 Å². The lowest BCUT2D eigenvalue weighted by Crippen LogP contribution is -2.01. The molecule has 156 valence electrons. The first-order chi connectivity index (χ1) is 14.9. The fourth-order valence-corrected chi connectivity index (χ4v) is 4.37. The Bertz CT molecular complexity index is 1170. The van der Waals surface area contributed by atoms with Crippen molar-refractivity contribution in [3.63, 3.8) is 0 Å². The maximum Gasteiger partial charge on any atom is 0.206 e. The molecule has 31 heavy (non-hydrogen) atoms. The Kier molecular flexibility index (Phi) is 6.27. The summed E-state index contributed by atoms with van der Waals surface area (Å²) in [6.45, 7) is 0. The van der Waals surface area contributed by atoms with E-state index in [0.717, 1.165) is 9.79 Å². The molecule has 0 saturated carbocycles. The van der Waals surface area contributed by atoms with Crippen LogP contribution in [0.25, 0.3) is 0 Å². The van der Waals surface area contributed by atoms with Crippen LogP contribution in [0.1, 0.15) is 0 Å². The minimum absolute atomic E-state index is 0.184. The maximum atomic E-state index is 12.9. The molecular weight excluding hydrogens is 448 g/mol. The zero-order valence-corrected chi connectivity index (χ0v) is 18.8. The number of thiol groups is 2. The van der Waals surface area contributed by atoms with E-state index in [4.69, 9.17) is 9.47 Å². The fraction of sp³-hybridized carbons (Fsp3) is 0. The molecule has 0 heterocycles. The first-order valence-corrected chi connectivity index (χ1v) is 11.7. The second-order valence-electron chi connectivity index (χ2n) is 6.64. The molecule has 0 atom stereocenters. The molecule has 4 aromatic carbocycles. The van der Waals surface area contributed by atoms with Crippen LogP contribution in [-0.4, -0.2) is 8.42 Å². The van der Waals surface area contributed by atoms with E-state index in [9.17, 15) is 8.42 Å². The molecule has 0 amide bonds. The Morgan fingerprint density at radius 1 is 0.452 bits per heavy atom. The minimum Gasteiger partial charge on any atom is -0.457 e. The van der Waals surface area contributed by atoms with Crippen molar-refractivity contribution in [2.75, 3.05) is 0 Å². The predicted octanol–water partition coefficient (Wildman–Crippen LogP) is 6.68. The van der Waals surface area contributed by atoms with Gasteiger partial charge in [-0.05, 0) is 97.1 Å². The van der Waals surface area contributed by atoms with Crippen LogP contribution in [0.3, 0.4) is 0 Å². The summed E-state index contributed by atoms with van der Waals surface area (Å²) in [5.41, 5.74) is 0. The van der Waals surface area contributed by atoms with E-state index in [1.807, 2.05) is 24.3 Å². The number of ether oxygens (including phenoxy) is 2. The van der Waals surface area contributed by atoms with Gasteiger partial charge in [0.2, 0.25) is 9.84 Å². The van der Waals surface area contributed by atoms with E-state index >= 15 is 0 Å².